The highest BCUT2D eigenvalue weighted by atomic mass is 14.8. The van der Waals surface area contributed by atoms with Gasteiger partial charge in [-0.3, -0.25) is 0 Å². The maximum Gasteiger partial charge on any atom is 0.0289 e. The molecule has 0 saturated heterocycles. The fourth-order valence-electron chi connectivity index (χ4n) is 2.39. The molecule has 1 heteroatoms. The van der Waals surface area contributed by atoms with E-state index in [0.717, 1.165) is 0 Å². The molecular weight excluding hydrogens is 230 g/mol. The van der Waals surface area contributed by atoms with E-state index < -0.39 is 0 Å². The number of hydrogen-bond acceptors (Lipinski definition) is 1. The van der Waals surface area contributed by atoms with Gasteiger partial charge >= 0.3 is 0 Å². The smallest absolute Gasteiger partial charge is 0.0289 e. The van der Waals surface area contributed by atoms with Gasteiger partial charge in [-0.05, 0) is 68.1 Å². The summed E-state index contributed by atoms with van der Waals surface area (Å²) < 4.78 is 0. The number of hydrogen-bond donors (Lipinski definition) is 1. The molecule has 0 spiro atoms. The highest BCUT2D eigenvalue weighted by Gasteiger charge is 2.06. The Labute approximate surface area is 116 Å². The van der Waals surface area contributed by atoms with Crippen LogP contribution in [0.4, 0.5) is 0 Å². The molecular formula is C18H23N. The van der Waals surface area contributed by atoms with E-state index in [9.17, 15) is 0 Å². The van der Waals surface area contributed by atoms with Gasteiger partial charge in [-0.25, -0.2) is 0 Å². The molecule has 2 rings (SSSR count). The summed E-state index contributed by atoms with van der Waals surface area (Å²) in [5.41, 5.74) is 8.03. The van der Waals surface area contributed by atoms with Crippen molar-refractivity contribution in [2.75, 3.05) is 7.05 Å². The molecule has 2 aromatic rings. The van der Waals surface area contributed by atoms with Crippen molar-refractivity contribution in [3.63, 3.8) is 0 Å². The van der Waals surface area contributed by atoms with Crippen molar-refractivity contribution in [3.05, 3.63) is 58.7 Å². The molecule has 0 amide bonds. The topological polar surface area (TPSA) is 12.0 Å². The standard InChI is InChI=1S/C18H23N/c1-12-10-14(3)18(11-13(12)2)17-8-6-16(7-9-17)15(4)19-5/h6-11,15,19H,1-5H3. The van der Waals surface area contributed by atoms with Gasteiger partial charge in [0.25, 0.3) is 0 Å². The second kappa shape index (κ2) is 5.58. The fraction of sp³-hybridized carbons (Fsp3) is 0.333. The second-order valence-corrected chi connectivity index (χ2v) is 5.38. The van der Waals surface area contributed by atoms with Crippen LogP contribution in [0.1, 0.15) is 35.2 Å². The predicted molar refractivity (Wildman–Crippen MR) is 83.6 cm³/mol. The van der Waals surface area contributed by atoms with Crippen LogP contribution in [0.5, 0.6) is 0 Å². The van der Waals surface area contributed by atoms with E-state index in [0.29, 0.717) is 6.04 Å². The molecule has 1 nitrogen and oxygen atoms in total. The minimum atomic E-state index is 0.398. The quantitative estimate of drug-likeness (QED) is 0.845. The van der Waals surface area contributed by atoms with E-state index in [1.807, 2.05) is 7.05 Å². The van der Waals surface area contributed by atoms with Gasteiger partial charge in [0.15, 0.2) is 0 Å². The lowest BCUT2D eigenvalue weighted by atomic mass is 9.94. The average molecular weight is 253 g/mol. The molecule has 1 unspecified atom stereocenters. The Morgan fingerprint density at radius 2 is 1.42 bits per heavy atom. The highest BCUT2D eigenvalue weighted by Crippen LogP contribution is 2.27. The van der Waals surface area contributed by atoms with Crippen molar-refractivity contribution in [2.45, 2.75) is 33.7 Å². The Morgan fingerprint density at radius 3 is 2.00 bits per heavy atom. The molecule has 1 atom stereocenters. The Kier molecular flexibility index (Phi) is 4.06. The maximum atomic E-state index is 3.27. The van der Waals surface area contributed by atoms with Crippen LogP contribution in [0, 0.1) is 20.8 Å². The molecule has 0 aromatic heterocycles. The van der Waals surface area contributed by atoms with Gasteiger partial charge in [-0.15, -0.1) is 0 Å². The first-order valence-corrected chi connectivity index (χ1v) is 6.88. The van der Waals surface area contributed by atoms with Gasteiger partial charge < -0.3 is 5.32 Å². The van der Waals surface area contributed by atoms with Crippen LogP contribution in [-0.4, -0.2) is 7.05 Å². The van der Waals surface area contributed by atoms with Crippen molar-refractivity contribution >= 4 is 0 Å². The van der Waals surface area contributed by atoms with Crippen LogP contribution in [0.25, 0.3) is 11.1 Å². The zero-order valence-electron chi connectivity index (χ0n) is 12.5. The lowest BCUT2D eigenvalue weighted by molar-refractivity contribution is 0.652. The molecule has 0 aliphatic rings. The zero-order valence-corrected chi connectivity index (χ0v) is 12.5. The van der Waals surface area contributed by atoms with Crippen molar-refractivity contribution in [2.24, 2.45) is 0 Å². The average Bonchev–Trinajstić information content (AvgIpc) is 2.42. The van der Waals surface area contributed by atoms with E-state index in [1.165, 1.54) is 33.4 Å². The molecule has 0 aliphatic carbocycles. The van der Waals surface area contributed by atoms with Gasteiger partial charge in [0.1, 0.15) is 0 Å². The largest absolute Gasteiger partial charge is 0.313 e. The zero-order chi connectivity index (χ0) is 14.0. The Morgan fingerprint density at radius 1 is 0.842 bits per heavy atom. The number of aryl methyl sites for hydroxylation is 3. The second-order valence-electron chi connectivity index (χ2n) is 5.38. The van der Waals surface area contributed by atoms with Gasteiger partial charge in [0.05, 0.1) is 0 Å². The lowest BCUT2D eigenvalue weighted by Crippen LogP contribution is -2.11. The Hall–Kier alpha value is -1.60. The third-order valence-corrected chi connectivity index (χ3v) is 4.00. The molecule has 19 heavy (non-hydrogen) atoms. The van der Waals surface area contributed by atoms with Gasteiger partial charge in [0.2, 0.25) is 0 Å². The monoisotopic (exact) mass is 253 g/mol. The van der Waals surface area contributed by atoms with Crippen molar-refractivity contribution in [3.8, 4) is 11.1 Å². The Bertz CT molecular complexity index is 567. The van der Waals surface area contributed by atoms with E-state index in [4.69, 9.17) is 0 Å². The van der Waals surface area contributed by atoms with Crippen molar-refractivity contribution < 1.29 is 0 Å². The number of nitrogens with one attached hydrogen (secondary N) is 1. The molecule has 0 fully saturated rings. The molecule has 100 valence electrons. The summed E-state index contributed by atoms with van der Waals surface area (Å²) in [7, 11) is 1.99. The highest BCUT2D eigenvalue weighted by molar-refractivity contribution is 5.69. The van der Waals surface area contributed by atoms with Crippen LogP contribution >= 0.6 is 0 Å². The molecule has 1 N–H and O–H groups in total. The summed E-state index contributed by atoms with van der Waals surface area (Å²) in [5, 5.41) is 3.27. The number of benzene rings is 2. The van der Waals surface area contributed by atoms with Gasteiger partial charge in [0, 0.05) is 6.04 Å². The van der Waals surface area contributed by atoms with Crippen molar-refractivity contribution in [1.29, 1.82) is 0 Å². The van der Waals surface area contributed by atoms with Crippen LogP contribution in [-0.2, 0) is 0 Å². The third kappa shape index (κ3) is 2.87. The van der Waals surface area contributed by atoms with Crippen molar-refractivity contribution in [1.82, 2.24) is 5.32 Å². The summed E-state index contributed by atoms with van der Waals surface area (Å²) in [5.74, 6) is 0. The summed E-state index contributed by atoms with van der Waals surface area (Å²) in [4.78, 5) is 0. The molecule has 0 heterocycles. The molecule has 2 aromatic carbocycles. The van der Waals surface area contributed by atoms with E-state index >= 15 is 0 Å². The SMILES string of the molecule is CNC(C)c1ccc(-c2cc(C)c(C)cc2C)cc1. The first-order chi connectivity index (χ1) is 9.02. The minimum Gasteiger partial charge on any atom is -0.313 e. The summed E-state index contributed by atoms with van der Waals surface area (Å²) >= 11 is 0. The molecule has 0 aliphatic heterocycles. The van der Waals surface area contributed by atoms with E-state index in [-0.39, 0.29) is 0 Å². The summed E-state index contributed by atoms with van der Waals surface area (Å²) in [6.45, 7) is 8.71. The minimum absolute atomic E-state index is 0.398. The first kappa shape index (κ1) is 13.8. The summed E-state index contributed by atoms with van der Waals surface area (Å²) in [6.07, 6.45) is 0. The Balaban J connectivity index is 2.40. The lowest BCUT2D eigenvalue weighted by Gasteiger charge is -2.13. The number of rotatable bonds is 3. The normalized spacial score (nSPS) is 12.5. The van der Waals surface area contributed by atoms with Crippen LogP contribution in [0.2, 0.25) is 0 Å². The van der Waals surface area contributed by atoms with Crippen LogP contribution in [0.15, 0.2) is 36.4 Å². The van der Waals surface area contributed by atoms with E-state index in [2.05, 4.69) is 69.4 Å². The maximum absolute atomic E-state index is 3.27. The molecule has 0 radical (unpaired) electrons. The van der Waals surface area contributed by atoms with E-state index in [1.54, 1.807) is 0 Å². The van der Waals surface area contributed by atoms with Gasteiger partial charge in [-0.1, -0.05) is 36.4 Å². The third-order valence-electron chi connectivity index (χ3n) is 4.00. The van der Waals surface area contributed by atoms with Gasteiger partial charge in [-0.2, -0.15) is 0 Å². The van der Waals surface area contributed by atoms with Crippen LogP contribution < -0.4 is 5.32 Å². The molecule has 0 bridgehead atoms. The predicted octanol–water partition coefficient (Wildman–Crippen LogP) is 4.56. The van der Waals surface area contributed by atoms with Crippen LogP contribution in [0.3, 0.4) is 0 Å². The first-order valence-electron chi connectivity index (χ1n) is 6.88. The molecule has 0 saturated carbocycles. The summed E-state index contributed by atoms with van der Waals surface area (Å²) in [6, 6.07) is 13.8. The fourth-order valence-corrected chi connectivity index (χ4v) is 2.39.